The number of hydrazone groups is 1. The number of benzene rings is 2. The van der Waals surface area contributed by atoms with Gasteiger partial charge in [0.05, 0.1) is 18.5 Å². The molecule has 0 bridgehead atoms. The van der Waals surface area contributed by atoms with Crippen LogP contribution in [0, 0.1) is 12.7 Å². The lowest BCUT2D eigenvalue weighted by Crippen LogP contribution is -2.19. The molecule has 0 fully saturated rings. The predicted molar refractivity (Wildman–Crippen MR) is 119 cm³/mol. The Hall–Kier alpha value is -3.04. The van der Waals surface area contributed by atoms with Crippen molar-refractivity contribution in [2.75, 3.05) is 5.75 Å². The zero-order chi connectivity index (χ0) is 20.9. The van der Waals surface area contributed by atoms with Crippen LogP contribution in [-0.4, -0.2) is 32.6 Å². The lowest BCUT2D eigenvalue weighted by molar-refractivity contribution is -0.118. The van der Waals surface area contributed by atoms with Crippen LogP contribution in [0.2, 0.25) is 0 Å². The van der Waals surface area contributed by atoms with Gasteiger partial charge >= 0.3 is 0 Å². The Balaban J connectivity index is 1.46. The van der Waals surface area contributed by atoms with Crippen molar-refractivity contribution < 1.29 is 9.18 Å². The molecule has 152 valence electrons. The Morgan fingerprint density at radius 1 is 1.23 bits per heavy atom. The van der Waals surface area contributed by atoms with Crippen LogP contribution < -0.4 is 5.43 Å². The van der Waals surface area contributed by atoms with Crippen molar-refractivity contribution in [1.82, 2.24) is 20.2 Å². The number of hydrogen-bond donors (Lipinski definition) is 1. The first-order valence-corrected chi connectivity index (χ1v) is 11.0. The highest BCUT2D eigenvalue weighted by molar-refractivity contribution is 8.01. The summed E-state index contributed by atoms with van der Waals surface area (Å²) in [5.74, 6) is -0.249. The van der Waals surface area contributed by atoms with Crippen LogP contribution >= 0.6 is 23.1 Å². The number of halogens is 1. The summed E-state index contributed by atoms with van der Waals surface area (Å²) in [4.78, 5) is 12.0. The average molecular weight is 440 g/mol. The van der Waals surface area contributed by atoms with Gasteiger partial charge in [0.2, 0.25) is 0 Å². The number of para-hydroxylation sites is 1. The molecular formula is C21H18FN5OS2. The van der Waals surface area contributed by atoms with Gasteiger partial charge in [-0.2, -0.15) is 5.10 Å². The predicted octanol–water partition coefficient (Wildman–Crippen LogP) is 4.23. The van der Waals surface area contributed by atoms with E-state index in [1.165, 1.54) is 29.2 Å². The molecule has 2 aromatic carbocycles. The number of rotatable bonds is 7. The number of aromatic nitrogens is 3. The second-order valence-corrected chi connectivity index (χ2v) is 8.89. The highest BCUT2D eigenvalue weighted by atomic mass is 32.2. The van der Waals surface area contributed by atoms with Crippen LogP contribution in [0.1, 0.15) is 16.1 Å². The number of hydrogen-bond acceptors (Lipinski definition) is 6. The fourth-order valence-corrected chi connectivity index (χ4v) is 4.60. The topological polar surface area (TPSA) is 72.2 Å². The highest BCUT2D eigenvalue weighted by Gasteiger charge is 2.10. The molecule has 0 saturated carbocycles. The summed E-state index contributed by atoms with van der Waals surface area (Å²) in [6.45, 7) is 2.28. The molecule has 0 aliphatic rings. The molecular weight excluding hydrogens is 421 g/mol. The Morgan fingerprint density at radius 2 is 2.03 bits per heavy atom. The minimum absolute atomic E-state index is 0.209. The first-order valence-electron chi connectivity index (χ1n) is 9.16. The molecule has 0 radical (unpaired) electrons. The van der Waals surface area contributed by atoms with E-state index in [2.05, 4.69) is 20.7 Å². The van der Waals surface area contributed by atoms with Crippen LogP contribution in [0.3, 0.4) is 0 Å². The van der Waals surface area contributed by atoms with Crippen molar-refractivity contribution >= 4 is 46.1 Å². The van der Waals surface area contributed by atoms with E-state index in [0.717, 1.165) is 25.8 Å². The van der Waals surface area contributed by atoms with E-state index in [-0.39, 0.29) is 17.5 Å². The van der Waals surface area contributed by atoms with Gasteiger partial charge in [0.25, 0.3) is 5.91 Å². The fraction of sp³-hybridized carbons (Fsp3) is 0.143. The lowest BCUT2D eigenvalue weighted by atomic mass is 10.2. The maximum absolute atomic E-state index is 14.1. The molecule has 0 spiro atoms. The maximum atomic E-state index is 14.1. The van der Waals surface area contributed by atoms with Crippen LogP contribution in [0.5, 0.6) is 0 Å². The first-order chi connectivity index (χ1) is 14.6. The number of aryl methyl sites for hydroxylation is 1. The second-order valence-electron chi connectivity index (χ2n) is 6.49. The first kappa shape index (κ1) is 20.2. The number of carbonyl (C=O) groups excluding carboxylic acids is 1. The molecule has 30 heavy (non-hydrogen) atoms. The summed E-state index contributed by atoms with van der Waals surface area (Å²) in [5, 5.41) is 13.8. The molecule has 4 aromatic rings. The zero-order valence-corrected chi connectivity index (χ0v) is 17.7. The van der Waals surface area contributed by atoms with Crippen LogP contribution in [0.15, 0.2) is 64.2 Å². The second kappa shape index (κ2) is 9.19. The number of amides is 1. The molecule has 2 aromatic heterocycles. The maximum Gasteiger partial charge on any atom is 0.250 e. The Kier molecular flexibility index (Phi) is 6.20. The van der Waals surface area contributed by atoms with Crippen molar-refractivity contribution in [3.8, 4) is 0 Å². The summed E-state index contributed by atoms with van der Waals surface area (Å²) in [5.41, 5.74) is 4.96. The SMILES string of the molecule is Cc1nnc(SCC(=O)NN=Cc2cn(Cc3ccccc3F)c3ccccc23)s1. The van der Waals surface area contributed by atoms with Gasteiger partial charge in [-0.3, -0.25) is 4.79 Å². The van der Waals surface area contributed by atoms with Gasteiger partial charge in [-0.25, -0.2) is 9.82 Å². The quantitative estimate of drug-likeness (QED) is 0.266. The van der Waals surface area contributed by atoms with Crippen molar-refractivity contribution in [3.05, 3.63) is 76.7 Å². The van der Waals surface area contributed by atoms with Gasteiger partial charge in [-0.1, -0.05) is 59.5 Å². The van der Waals surface area contributed by atoms with E-state index in [9.17, 15) is 9.18 Å². The van der Waals surface area contributed by atoms with E-state index < -0.39 is 0 Å². The molecule has 0 saturated heterocycles. The van der Waals surface area contributed by atoms with Crippen molar-refractivity contribution in [3.63, 3.8) is 0 Å². The van der Waals surface area contributed by atoms with Crippen LogP contribution in [0.25, 0.3) is 10.9 Å². The molecule has 9 heteroatoms. The third-order valence-electron chi connectivity index (χ3n) is 4.35. The number of thioether (sulfide) groups is 1. The molecule has 0 atom stereocenters. The Labute approximate surface area is 180 Å². The van der Waals surface area contributed by atoms with Crippen LogP contribution in [0.4, 0.5) is 4.39 Å². The highest BCUT2D eigenvalue weighted by Crippen LogP contribution is 2.23. The monoisotopic (exact) mass is 439 g/mol. The summed E-state index contributed by atoms with van der Waals surface area (Å²) in [6.07, 6.45) is 3.52. The molecule has 1 N–H and O–H groups in total. The summed E-state index contributed by atoms with van der Waals surface area (Å²) >= 11 is 2.77. The van der Waals surface area contributed by atoms with Gasteiger partial charge in [0.1, 0.15) is 10.8 Å². The van der Waals surface area contributed by atoms with E-state index >= 15 is 0 Å². The van der Waals surface area contributed by atoms with Crippen molar-refractivity contribution in [2.45, 2.75) is 17.8 Å². The van der Waals surface area contributed by atoms with E-state index in [1.54, 1.807) is 18.3 Å². The van der Waals surface area contributed by atoms with Gasteiger partial charge in [-0.05, 0) is 19.1 Å². The number of fused-ring (bicyclic) bond motifs is 1. The Bertz CT molecular complexity index is 1220. The number of nitrogens with one attached hydrogen (secondary N) is 1. The number of nitrogens with zero attached hydrogens (tertiary/aromatic N) is 4. The zero-order valence-electron chi connectivity index (χ0n) is 16.1. The van der Waals surface area contributed by atoms with E-state index in [0.29, 0.717) is 12.1 Å². The van der Waals surface area contributed by atoms with Crippen molar-refractivity contribution in [1.29, 1.82) is 0 Å². The molecule has 1 amide bonds. The summed E-state index contributed by atoms with van der Waals surface area (Å²) < 4.78 is 16.8. The van der Waals surface area contributed by atoms with Gasteiger partial charge in [0.15, 0.2) is 4.34 Å². The molecule has 6 nitrogen and oxygen atoms in total. The van der Waals surface area contributed by atoms with E-state index in [4.69, 9.17) is 0 Å². The standard InChI is InChI=1S/C21H18FN5OS2/c1-14-24-26-21(30-14)29-13-20(28)25-23-10-16-12-27(19-9-5-3-7-17(16)19)11-15-6-2-4-8-18(15)22/h2-10,12H,11,13H2,1H3,(H,25,28). The van der Waals surface area contributed by atoms with Crippen LogP contribution in [-0.2, 0) is 11.3 Å². The molecule has 4 rings (SSSR count). The smallest absolute Gasteiger partial charge is 0.250 e. The van der Waals surface area contributed by atoms with Gasteiger partial charge in [-0.15, -0.1) is 10.2 Å². The lowest BCUT2D eigenvalue weighted by Gasteiger charge is -2.06. The normalized spacial score (nSPS) is 11.4. The molecule has 0 aliphatic carbocycles. The van der Waals surface area contributed by atoms with Gasteiger partial charge in [0, 0.05) is 28.2 Å². The third-order valence-corrected chi connectivity index (χ3v) is 6.32. The molecule has 0 unspecified atom stereocenters. The largest absolute Gasteiger partial charge is 0.342 e. The molecule has 2 heterocycles. The summed E-state index contributed by atoms with van der Waals surface area (Å²) in [6, 6.07) is 14.6. The van der Waals surface area contributed by atoms with Gasteiger partial charge < -0.3 is 4.57 Å². The van der Waals surface area contributed by atoms with Crippen molar-refractivity contribution in [2.24, 2.45) is 5.10 Å². The fourth-order valence-electron chi connectivity index (χ4n) is 2.99. The number of carbonyl (C=O) groups is 1. The summed E-state index contributed by atoms with van der Waals surface area (Å²) in [7, 11) is 0. The Morgan fingerprint density at radius 3 is 2.83 bits per heavy atom. The third kappa shape index (κ3) is 4.74. The average Bonchev–Trinajstić information content (AvgIpc) is 3.32. The van der Waals surface area contributed by atoms with E-state index in [1.807, 2.05) is 48.0 Å². The minimum Gasteiger partial charge on any atom is -0.342 e. The molecule has 0 aliphatic heterocycles. The minimum atomic E-state index is -0.235.